The molecule has 2 aliphatic heterocycles. The van der Waals surface area contributed by atoms with Gasteiger partial charge in [-0.25, -0.2) is 14.9 Å². The Morgan fingerprint density at radius 3 is 2.93 bits per heavy atom. The number of fused-ring (bicyclic) bond motifs is 1. The molecule has 0 aromatic carbocycles. The van der Waals surface area contributed by atoms with E-state index in [0.717, 1.165) is 11.2 Å². The topological polar surface area (TPSA) is 178 Å². The Morgan fingerprint density at radius 1 is 1.67 bits per heavy atom. The largest absolute Gasteiger partial charge is 0.477 e. The zero-order chi connectivity index (χ0) is 20.2. The summed E-state index contributed by atoms with van der Waals surface area (Å²) in [7, 11) is 0. The van der Waals surface area contributed by atoms with E-state index in [-0.39, 0.29) is 18.7 Å². The van der Waals surface area contributed by atoms with Crippen LogP contribution in [-0.4, -0.2) is 70.0 Å². The van der Waals surface area contributed by atoms with Gasteiger partial charge in [0.15, 0.2) is 6.19 Å². The Bertz CT molecular complexity index is 745. The van der Waals surface area contributed by atoms with Crippen molar-refractivity contribution in [3.8, 4) is 6.19 Å². The molecule has 5 N–H and O–H groups in total. The van der Waals surface area contributed by atoms with Gasteiger partial charge in [-0.15, -0.1) is 11.8 Å². The molecule has 146 valence electrons. The number of aliphatic hydroxyl groups excluding tert-OH is 1. The van der Waals surface area contributed by atoms with Crippen LogP contribution >= 0.6 is 11.8 Å². The highest BCUT2D eigenvalue weighted by Gasteiger charge is 2.68. The predicted octanol–water partition coefficient (Wildman–Crippen LogP) is -0.808. The van der Waals surface area contributed by atoms with Crippen molar-refractivity contribution in [2.24, 2.45) is 16.6 Å². The van der Waals surface area contributed by atoms with Crippen LogP contribution in [0, 0.1) is 17.4 Å². The van der Waals surface area contributed by atoms with Crippen LogP contribution in [0.1, 0.15) is 13.3 Å². The first-order valence-electron chi connectivity index (χ1n) is 7.93. The number of carbonyl (C=O) groups is 3. The molecule has 2 aliphatic rings. The van der Waals surface area contributed by atoms with Crippen LogP contribution in [-0.2, 0) is 14.3 Å². The maximum absolute atomic E-state index is 12.5. The van der Waals surface area contributed by atoms with Gasteiger partial charge in [0.05, 0.1) is 24.9 Å². The fourth-order valence-electron chi connectivity index (χ4n) is 3.43. The lowest BCUT2D eigenvalue weighted by atomic mass is 9.70. The van der Waals surface area contributed by atoms with Gasteiger partial charge in [-0.05, 0) is 6.92 Å². The predicted molar refractivity (Wildman–Crippen MR) is 94.1 cm³/mol. The first kappa shape index (κ1) is 20.5. The Balaban J connectivity index is 2.29. The molecule has 1 saturated heterocycles. The second-order valence-corrected chi connectivity index (χ2v) is 7.16. The monoisotopic (exact) mass is 397 g/mol. The number of nitrogens with zero attached hydrogens (tertiary/aromatic N) is 3. The highest BCUT2D eigenvalue weighted by molar-refractivity contribution is 8.03. The van der Waals surface area contributed by atoms with Crippen LogP contribution in [0.3, 0.4) is 0 Å². The average molecular weight is 397 g/mol. The van der Waals surface area contributed by atoms with Gasteiger partial charge in [-0.1, -0.05) is 0 Å². The van der Waals surface area contributed by atoms with Crippen LogP contribution in [0.15, 0.2) is 15.6 Å². The van der Waals surface area contributed by atoms with Crippen molar-refractivity contribution < 1.29 is 29.3 Å². The summed E-state index contributed by atoms with van der Waals surface area (Å²) >= 11 is 1.21. The summed E-state index contributed by atoms with van der Waals surface area (Å²) in [5.41, 5.74) is 3.78. The number of carboxylic acids is 1. The molecule has 2 heterocycles. The number of thioether (sulfide) groups is 1. The Labute approximate surface area is 158 Å². The van der Waals surface area contributed by atoms with E-state index in [2.05, 4.69) is 4.99 Å². The van der Waals surface area contributed by atoms with Crippen LogP contribution < -0.4 is 11.1 Å². The van der Waals surface area contributed by atoms with Crippen LogP contribution in [0.2, 0.25) is 0 Å². The number of nitrogens with one attached hydrogen (secondary N) is 1. The number of ether oxygens (including phenoxy) is 1. The van der Waals surface area contributed by atoms with E-state index in [1.807, 2.05) is 0 Å². The van der Waals surface area contributed by atoms with Crippen molar-refractivity contribution in [3.63, 3.8) is 0 Å². The average Bonchev–Trinajstić information content (AvgIpc) is 2.87. The summed E-state index contributed by atoms with van der Waals surface area (Å²) in [4.78, 5) is 41.1. The molecule has 11 nitrogen and oxygen atoms in total. The first-order valence-corrected chi connectivity index (χ1v) is 8.92. The maximum Gasteiger partial charge on any atom is 0.420 e. The van der Waals surface area contributed by atoms with Crippen LogP contribution in [0.25, 0.3) is 0 Å². The minimum Gasteiger partial charge on any atom is -0.477 e. The van der Waals surface area contributed by atoms with Gasteiger partial charge in [0.1, 0.15) is 17.8 Å². The summed E-state index contributed by atoms with van der Waals surface area (Å²) in [6, 6.07) is 0. The molecule has 0 aromatic rings. The quantitative estimate of drug-likeness (QED) is 0.102. The number of carbonyl (C=O) groups excluding carboxylic acids is 2. The standard InChI is InChI=1S/C15H19N5O6S/c1-8(21)10-12(22)20-11(13(23)24)9(27-3-2-18-6-16)4-15(10,20)5-26-14(25)19-7-17/h6,8,10,21H,2-5H2,1H3,(H2,16,18)(H,19,25)(H,23,24). The minimum absolute atomic E-state index is 0.104. The summed E-state index contributed by atoms with van der Waals surface area (Å²) in [6.07, 6.45) is 0.570. The number of hydrogen-bond acceptors (Lipinski definition) is 8. The molecule has 0 radical (unpaired) electrons. The lowest BCUT2D eigenvalue weighted by molar-refractivity contribution is -0.180. The normalized spacial score (nSPS) is 25.0. The number of carboxylic acid groups (broad SMARTS) is 1. The van der Waals surface area contributed by atoms with Gasteiger partial charge in [0.2, 0.25) is 5.91 Å². The minimum atomic E-state index is -1.29. The third kappa shape index (κ3) is 3.69. The lowest BCUT2D eigenvalue weighted by Gasteiger charge is -2.54. The van der Waals surface area contributed by atoms with E-state index < -0.39 is 35.5 Å². The van der Waals surface area contributed by atoms with E-state index in [4.69, 9.17) is 15.7 Å². The molecule has 27 heavy (non-hydrogen) atoms. The number of β-lactam (4-membered cyclic amide) rings is 1. The van der Waals surface area contributed by atoms with Crippen LogP contribution in [0.5, 0.6) is 0 Å². The van der Waals surface area contributed by atoms with Gasteiger partial charge in [-0.2, -0.15) is 5.26 Å². The summed E-state index contributed by atoms with van der Waals surface area (Å²) in [6.45, 7) is 1.42. The SMILES string of the molecule is CC(O)C1C(=O)N2C(C(=O)O)=C(SCCN=CN)CC12COC(=O)NC#N. The highest BCUT2D eigenvalue weighted by atomic mass is 32.2. The number of aliphatic hydroxyl groups is 1. The summed E-state index contributed by atoms with van der Waals surface area (Å²) < 4.78 is 4.99. The van der Waals surface area contributed by atoms with Gasteiger partial charge in [-0.3, -0.25) is 14.7 Å². The molecule has 3 atom stereocenters. The van der Waals surface area contributed by atoms with Crippen molar-refractivity contribution in [2.45, 2.75) is 25.0 Å². The number of rotatable bonds is 8. The Morgan fingerprint density at radius 2 is 2.37 bits per heavy atom. The number of aliphatic imine (C=N–C) groups is 1. The third-order valence-electron chi connectivity index (χ3n) is 4.36. The summed E-state index contributed by atoms with van der Waals surface area (Å²) in [5.74, 6) is -2.34. The number of nitrogens with two attached hydrogens (primary N) is 1. The highest BCUT2D eigenvalue weighted by Crippen LogP contribution is 2.54. The lowest BCUT2D eigenvalue weighted by Crippen LogP contribution is -2.73. The third-order valence-corrected chi connectivity index (χ3v) is 5.44. The van der Waals surface area contributed by atoms with E-state index in [0.29, 0.717) is 17.2 Å². The van der Waals surface area contributed by atoms with Crippen LogP contribution in [0.4, 0.5) is 4.79 Å². The summed E-state index contributed by atoms with van der Waals surface area (Å²) in [5, 5.41) is 29.9. The molecule has 0 aliphatic carbocycles. The van der Waals surface area contributed by atoms with Gasteiger partial charge >= 0.3 is 12.1 Å². The van der Waals surface area contributed by atoms with E-state index in [1.165, 1.54) is 24.9 Å². The number of aliphatic carboxylic acids is 1. The molecule has 2 amide bonds. The van der Waals surface area contributed by atoms with Crippen molar-refractivity contribution in [1.82, 2.24) is 10.2 Å². The van der Waals surface area contributed by atoms with Crippen molar-refractivity contribution in [1.29, 1.82) is 5.26 Å². The Kier molecular flexibility index (Phi) is 6.29. The number of alkyl carbamates (subject to hydrolysis) is 1. The second-order valence-electron chi connectivity index (χ2n) is 5.97. The molecule has 0 bridgehead atoms. The molecule has 12 heteroatoms. The fraction of sp³-hybridized carbons (Fsp3) is 0.533. The molecular weight excluding hydrogens is 378 g/mol. The maximum atomic E-state index is 12.5. The Hall–Kier alpha value is -2.78. The molecule has 0 spiro atoms. The second kappa shape index (κ2) is 8.28. The first-order chi connectivity index (χ1) is 12.8. The van der Waals surface area contributed by atoms with E-state index in [9.17, 15) is 24.6 Å². The number of hydrogen-bond donors (Lipinski definition) is 4. The van der Waals surface area contributed by atoms with Gasteiger partial charge in [0.25, 0.3) is 0 Å². The van der Waals surface area contributed by atoms with E-state index in [1.54, 1.807) is 5.32 Å². The zero-order valence-corrected chi connectivity index (χ0v) is 15.2. The number of nitriles is 1. The van der Waals surface area contributed by atoms with Gasteiger partial charge < -0.3 is 20.7 Å². The smallest absolute Gasteiger partial charge is 0.420 e. The van der Waals surface area contributed by atoms with E-state index >= 15 is 0 Å². The molecule has 1 fully saturated rings. The zero-order valence-electron chi connectivity index (χ0n) is 14.4. The molecule has 2 rings (SSSR count). The molecule has 0 aromatic heterocycles. The molecular formula is C15H19N5O6S. The number of amides is 2. The van der Waals surface area contributed by atoms with Crippen molar-refractivity contribution >= 4 is 36.1 Å². The molecule has 3 unspecified atom stereocenters. The molecule has 0 saturated carbocycles. The fourth-order valence-corrected chi connectivity index (χ4v) is 4.54. The van der Waals surface area contributed by atoms with Crippen molar-refractivity contribution in [2.75, 3.05) is 18.9 Å². The van der Waals surface area contributed by atoms with Gasteiger partial charge in [0, 0.05) is 17.1 Å². The van der Waals surface area contributed by atoms with Crippen molar-refractivity contribution in [3.05, 3.63) is 10.6 Å².